The first kappa shape index (κ1) is 13.0. The van der Waals surface area contributed by atoms with E-state index in [9.17, 15) is 9.18 Å². The quantitative estimate of drug-likeness (QED) is 0.502. The summed E-state index contributed by atoms with van der Waals surface area (Å²) in [5.41, 5.74) is 3.02. The minimum absolute atomic E-state index is 0.116. The van der Waals surface area contributed by atoms with Gasteiger partial charge in [0.15, 0.2) is 0 Å². The molecular formula is C14H13FN2O2. The summed E-state index contributed by atoms with van der Waals surface area (Å²) in [5, 5.41) is 0. The average molecular weight is 260 g/mol. The maximum absolute atomic E-state index is 13.3. The Morgan fingerprint density at radius 1 is 1.21 bits per heavy atom. The van der Waals surface area contributed by atoms with Crippen molar-refractivity contribution in [1.82, 2.24) is 5.43 Å². The molecule has 0 bridgehead atoms. The van der Waals surface area contributed by atoms with Gasteiger partial charge in [-0.25, -0.2) is 10.2 Å². The highest BCUT2D eigenvalue weighted by atomic mass is 19.1. The summed E-state index contributed by atoms with van der Waals surface area (Å²) in [6, 6.07) is 13.2. The van der Waals surface area contributed by atoms with Crippen molar-refractivity contribution in [3.05, 3.63) is 65.5 Å². The molecule has 2 aromatic rings. The molecule has 0 spiro atoms. The Morgan fingerprint density at radius 3 is 2.63 bits per heavy atom. The lowest BCUT2D eigenvalue weighted by Crippen LogP contribution is -2.30. The lowest BCUT2D eigenvalue weighted by atomic mass is 10.2. The number of nitrogen functional groups attached to an aromatic ring is 1. The van der Waals surface area contributed by atoms with Crippen LogP contribution in [-0.2, 0) is 6.61 Å². The van der Waals surface area contributed by atoms with Crippen LogP contribution in [0.5, 0.6) is 5.75 Å². The van der Waals surface area contributed by atoms with Crippen molar-refractivity contribution in [1.29, 1.82) is 0 Å². The Balaban J connectivity index is 2.12. The summed E-state index contributed by atoms with van der Waals surface area (Å²) in [6.07, 6.45) is 0. The van der Waals surface area contributed by atoms with Crippen LogP contribution >= 0.6 is 0 Å². The molecule has 0 saturated carbocycles. The monoisotopic (exact) mass is 260 g/mol. The topological polar surface area (TPSA) is 64.3 Å². The number of hydrogen-bond acceptors (Lipinski definition) is 3. The number of benzene rings is 2. The molecule has 0 fully saturated rings. The third-order valence-corrected chi connectivity index (χ3v) is 2.51. The smallest absolute Gasteiger partial charge is 0.265 e. The van der Waals surface area contributed by atoms with Crippen molar-refractivity contribution in [2.45, 2.75) is 6.61 Å². The molecule has 0 aliphatic carbocycles. The largest absolute Gasteiger partial charge is 0.489 e. The Bertz CT molecular complexity index is 573. The first-order valence-electron chi connectivity index (χ1n) is 5.67. The maximum Gasteiger partial charge on any atom is 0.265 e. The highest BCUT2D eigenvalue weighted by molar-refractivity contribution is 5.94. The molecule has 19 heavy (non-hydrogen) atoms. The van der Waals surface area contributed by atoms with Crippen LogP contribution in [0.2, 0.25) is 0 Å². The number of ether oxygens (including phenoxy) is 1. The Kier molecular flexibility index (Phi) is 4.10. The minimum Gasteiger partial charge on any atom is -0.489 e. The standard InChI is InChI=1S/C14H13FN2O2/c15-12-6-11(14(18)17-16)7-13(8-12)19-9-10-4-2-1-3-5-10/h1-8H,9,16H2,(H,17,18). The van der Waals surface area contributed by atoms with E-state index in [4.69, 9.17) is 10.6 Å². The van der Waals surface area contributed by atoms with E-state index in [-0.39, 0.29) is 11.3 Å². The van der Waals surface area contributed by atoms with E-state index >= 15 is 0 Å². The Hall–Kier alpha value is -2.40. The van der Waals surface area contributed by atoms with Gasteiger partial charge in [0.2, 0.25) is 0 Å². The molecule has 0 heterocycles. The number of rotatable bonds is 4. The van der Waals surface area contributed by atoms with Crippen molar-refractivity contribution in [3.63, 3.8) is 0 Å². The summed E-state index contributed by atoms with van der Waals surface area (Å²) in [5.74, 6) is 4.17. The van der Waals surface area contributed by atoms with Crippen LogP contribution in [-0.4, -0.2) is 5.91 Å². The molecule has 1 amide bonds. The summed E-state index contributed by atoms with van der Waals surface area (Å²) < 4.78 is 18.8. The van der Waals surface area contributed by atoms with Crippen LogP contribution in [0.25, 0.3) is 0 Å². The predicted molar refractivity (Wildman–Crippen MR) is 68.8 cm³/mol. The molecule has 3 N–H and O–H groups in total. The van der Waals surface area contributed by atoms with Crippen molar-refractivity contribution in [2.24, 2.45) is 5.84 Å². The number of hydrazine groups is 1. The maximum atomic E-state index is 13.3. The van der Waals surface area contributed by atoms with Gasteiger partial charge in [-0.3, -0.25) is 10.2 Å². The van der Waals surface area contributed by atoms with Gasteiger partial charge in [-0.2, -0.15) is 0 Å². The molecule has 0 radical (unpaired) electrons. The van der Waals surface area contributed by atoms with Crippen LogP contribution in [0.3, 0.4) is 0 Å². The van der Waals surface area contributed by atoms with Gasteiger partial charge >= 0.3 is 0 Å². The minimum atomic E-state index is -0.566. The Morgan fingerprint density at radius 2 is 1.95 bits per heavy atom. The number of amides is 1. The number of carbonyl (C=O) groups excluding carboxylic acids is 1. The van der Waals surface area contributed by atoms with E-state index in [1.54, 1.807) is 0 Å². The summed E-state index contributed by atoms with van der Waals surface area (Å²) in [7, 11) is 0. The predicted octanol–water partition coefficient (Wildman–Crippen LogP) is 2.01. The van der Waals surface area contributed by atoms with Gasteiger partial charge < -0.3 is 4.74 Å². The molecule has 0 atom stereocenters. The van der Waals surface area contributed by atoms with Gasteiger partial charge in [0.05, 0.1) is 0 Å². The molecular weight excluding hydrogens is 247 g/mol. The number of halogens is 1. The third-order valence-electron chi connectivity index (χ3n) is 2.51. The number of carbonyl (C=O) groups is 1. The van der Waals surface area contributed by atoms with Gasteiger partial charge in [0, 0.05) is 11.6 Å². The third kappa shape index (κ3) is 3.53. The molecule has 98 valence electrons. The van der Waals surface area contributed by atoms with E-state index in [2.05, 4.69) is 0 Å². The fourth-order valence-electron chi connectivity index (χ4n) is 1.60. The van der Waals surface area contributed by atoms with Crippen molar-refractivity contribution < 1.29 is 13.9 Å². The summed E-state index contributed by atoms with van der Waals surface area (Å²) >= 11 is 0. The van der Waals surface area contributed by atoms with Gasteiger partial charge in [-0.15, -0.1) is 0 Å². The summed E-state index contributed by atoms with van der Waals surface area (Å²) in [4.78, 5) is 11.3. The second kappa shape index (κ2) is 5.97. The van der Waals surface area contributed by atoms with Gasteiger partial charge in [0.1, 0.15) is 18.2 Å². The molecule has 2 rings (SSSR count). The molecule has 2 aromatic carbocycles. The first-order chi connectivity index (χ1) is 9.19. The SMILES string of the molecule is NNC(=O)c1cc(F)cc(OCc2ccccc2)c1. The Labute approximate surface area is 110 Å². The number of nitrogens with two attached hydrogens (primary N) is 1. The van der Waals surface area contributed by atoms with E-state index in [0.29, 0.717) is 6.61 Å². The molecule has 0 aliphatic heterocycles. The molecule has 5 heteroatoms. The van der Waals surface area contributed by atoms with E-state index in [1.807, 2.05) is 35.8 Å². The number of nitrogens with one attached hydrogen (secondary N) is 1. The highest BCUT2D eigenvalue weighted by Crippen LogP contribution is 2.17. The summed E-state index contributed by atoms with van der Waals surface area (Å²) in [6.45, 7) is 0.300. The van der Waals surface area contributed by atoms with Crippen LogP contribution in [0, 0.1) is 5.82 Å². The van der Waals surface area contributed by atoms with E-state index < -0.39 is 11.7 Å². The second-order valence-electron chi connectivity index (χ2n) is 3.92. The molecule has 0 unspecified atom stereocenters. The van der Waals surface area contributed by atoms with Crippen molar-refractivity contribution >= 4 is 5.91 Å². The van der Waals surface area contributed by atoms with Gasteiger partial charge in [-0.05, 0) is 17.7 Å². The van der Waals surface area contributed by atoms with Crippen molar-refractivity contribution in [2.75, 3.05) is 0 Å². The molecule has 0 aromatic heterocycles. The van der Waals surface area contributed by atoms with Gasteiger partial charge in [-0.1, -0.05) is 30.3 Å². The molecule has 0 saturated heterocycles. The lowest BCUT2D eigenvalue weighted by molar-refractivity contribution is 0.0952. The fourth-order valence-corrected chi connectivity index (χ4v) is 1.60. The van der Waals surface area contributed by atoms with Crippen LogP contribution in [0.4, 0.5) is 4.39 Å². The highest BCUT2D eigenvalue weighted by Gasteiger charge is 2.08. The first-order valence-corrected chi connectivity index (χ1v) is 5.67. The van der Waals surface area contributed by atoms with Crippen LogP contribution in [0.1, 0.15) is 15.9 Å². The fraction of sp³-hybridized carbons (Fsp3) is 0.0714. The zero-order chi connectivity index (χ0) is 13.7. The normalized spacial score (nSPS) is 10.0. The van der Waals surface area contributed by atoms with Crippen molar-refractivity contribution in [3.8, 4) is 5.75 Å². The van der Waals surface area contributed by atoms with E-state index in [0.717, 1.165) is 11.6 Å². The van der Waals surface area contributed by atoms with Crippen LogP contribution < -0.4 is 16.0 Å². The molecule has 0 aliphatic rings. The molecule has 4 nitrogen and oxygen atoms in total. The average Bonchev–Trinajstić information content (AvgIpc) is 2.45. The van der Waals surface area contributed by atoms with E-state index in [1.165, 1.54) is 12.1 Å². The number of hydrogen-bond donors (Lipinski definition) is 2. The van der Waals surface area contributed by atoms with Gasteiger partial charge in [0.25, 0.3) is 5.91 Å². The lowest BCUT2D eigenvalue weighted by Gasteiger charge is -2.08. The van der Waals surface area contributed by atoms with Crippen LogP contribution in [0.15, 0.2) is 48.5 Å². The zero-order valence-corrected chi connectivity index (χ0v) is 10.1. The second-order valence-corrected chi connectivity index (χ2v) is 3.92. The zero-order valence-electron chi connectivity index (χ0n) is 10.1.